The van der Waals surface area contributed by atoms with E-state index in [0.717, 1.165) is 10.9 Å². The summed E-state index contributed by atoms with van der Waals surface area (Å²) in [5, 5.41) is 4.77. The monoisotopic (exact) mass is 341 g/mol. The molecule has 0 atom stereocenters. The van der Waals surface area contributed by atoms with Crippen molar-refractivity contribution in [3.63, 3.8) is 0 Å². The molecular formula is C18H16ClN3O2. The Labute approximate surface area is 144 Å². The highest BCUT2D eigenvalue weighted by atomic mass is 35.5. The maximum atomic E-state index is 12.0. The number of hydrogen-bond donors (Lipinski definition) is 1. The first-order chi connectivity index (χ1) is 11.7. The Kier molecular flexibility index (Phi) is 4.91. The van der Waals surface area contributed by atoms with Crippen LogP contribution in [0.4, 0.5) is 5.82 Å². The zero-order valence-electron chi connectivity index (χ0n) is 13.1. The summed E-state index contributed by atoms with van der Waals surface area (Å²) in [6.07, 6.45) is 0. The van der Waals surface area contributed by atoms with Crippen molar-refractivity contribution in [3.05, 3.63) is 64.9 Å². The summed E-state index contributed by atoms with van der Waals surface area (Å²) in [6.45, 7) is 2.56. The standard InChI is InChI=1S/C18H16ClN3O2/c1-2-24-18(23)17-21-15-9-4-3-8-14(15)16(22-17)20-11-12-6-5-7-13(19)10-12/h3-10H,2,11H2,1H3,(H,20,21,22). The maximum absolute atomic E-state index is 12.0. The first kappa shape index (κ1) is 16.2. The second kappa shape index (κ2) is 7.27. The lowest BCUT2D eigenvalue weighted by molar-refractivity contribution is 0.0512. The number of para-hydroxylation sites is 1. The fourth-order valence-corrected chi connectivity index (χ4v) is 2.54. The number of benzene rings is 2. The molecule has 0 saturated carbocycles. The van der Waals surface area contributed by atoms with Crippen molar-refractivity contribution in [2.45, 2.75) is 13.5 Å². The van der Waals surface area contributed by atoms with Crippen LogP contribution in [0.5, 0.6) is 0 Å². The average molecular weight is 342 g/mol. The summed E-state index contributed by atoms with van der Waals surface area (Å²) in [5.41, 5.74) is 1.70. The van der Waals surface area contributed by atoms with Crippen molar-refractivity contribution in [2.75, 3.05) is 11.9 Å². The number of halogens is 1. The number of ether oxygens (including phenoxy) is 1. The number of carbonyl (C=O) groups excluding carboxylic acids is 1. The molecule has 24 heavy (non-hydrogen) atoms. The molecule has 1 N–H and O–H groups in total. The van der Waals surface area contributed by atoms with Crippen molar-refractivity contribution < 1.29 is 9.53 Å². The van der Waals surface area contributed by atoms with E-state index in [1.54, 1.807) is 6.92 Å². The van der Waals surface area contributed by atoms with E-state index in [1.165, 1.54) is 0 Å². The van der Waals surface area contributed by atoms with Gasteiger partial charge in [-0.15, -0.1) is 0 Å². The third-order valence-corrected chi connectivity index (χ3v) is 3.65. The summed E-state index contributed by atoms with van der Waals surface area (Å²) < 4.78 is 5.00. The highest BCUT2D eigenvalue weighted by molar-refractivity contribution is 6.30. The molecule has 0 fully saturated rings. The molecule has 0 unspecified atom stereocenters. The zero-order valence-corrected chi connectivity index (χ0v) is 13.9. The molecule has 1 heterocycles. The van der Waals surface area contributed by atoms with Gasteiger partial charge in [-0.05, 0) is 36.8 Å². The Hall–Kier alpha value is -2.66. The smallest absolute Gasteiger partial charge is 0.376 e. The van der Waals surface area contributed by atoms with Gasteiger partial charge in [-0.3, -0.25) is 0 Å². The van der Waals surface area contributed by atoms with E-state index in [9.17, 15) is 4.79 Å². The SMILES string of the molecule is CCOC(=O)c1nc(NCc2cccc(Cl)c2)c2ccccc2n1. The average Bonchev–Trinajstić information content (AvgIpc) is 2.59. The van der Waals surface area contributed by atoms with Gasteiger partial charge in [-0.25, -0.2) is 14.8 Å². The van der Waals surface area contributed by atoms with Crippen LogP contribution < -0.4 is 5.32 Å². The second-order valence-electron chi connectivity index (χ2n) is 5.12. The molecule has 0 aliphatic rings. The molecule has 0 amide bonds. The van der Waals surface area contributed by atoms with Crippen molar-refractivity contribution in [1.82, 2.24) is 9.97 Å². The van der Waals surface area contributed by atoms with Crippen LogP contribution in [0, 0.1) is 0 Å². The van der Waals surface area contributed by atoms with E-state index < -0.39 is 5.97 Å². The molecule has 1 aromatic heterocycles. The highest BCUT2D eigenvalue weighted by Gasteiger charge is 2.14. The Balaban J connectivity index is 1.94. The predicted octanol–water partition coefficient (Wildman–Crippen LogP) is 4.07. The van der Waals surface area contributed by atoms with Crippen LogP contribution in [-0.4, -0.2) is 22.5 Å². The molecule has 122 valence electrons. The summed E-state index contributed by atoms with van der Waals surface area (Å²) in [4.78, 5) is 20.6. The first-order valence-corrected chi connectivity index (χ1v) is 7.97. The molecule has 0 aliphatic carbocycles. The molecule has 0 saturated heterocycles. The van der Waals surface area contributed by atoms with Crippen molar-refractivity contribution in [3.8, 4) is 0 Å². The van der Waals surface area contributed by atoms with Gasteiger partial charge in [0, 0.05) is 17.0 Å². The van der Waals surface area contributed by atoms with E-state index in [4.69, 9.17) is 16.3 Å². The Morgan fingerprint density at radius 1 is 1.17 bits per heavy atom. The largest absolute Gasteiger partial charge is 0.460 e. The van der Waals surface area contributed by atoms with Crippen LogP contribution in [0.15, 0.2) is 48.5 Å². The third kappa shape index (κ3) is 3.63. The van der Waals surface area contributed by atoms with Crippen LogP contribution >= 0.6 is 11.6 Å². The maximum Gasteiger partial charge on any atom is 0.376 e. The second-order valence-corrected chi connectivity index (χ2v) is 5.55. The summed E-state index contributed by atoms with van der Waals surface area (Å²) in [7, 11) is 0. The van der Waals surface area contributed by atoms with Gasteiger partial charge in [0.05, 0.1) is 12.1 Å². The van der Waals surface area contributed by atoms with Gasteiger partial charge in [0.25, 0.3) is 0 Å². The van der Waals surface area contributed by atoms with Gasteiger partial charge in [0.1, 0.15) is 5.82 Å². The fraction of sp³-hybridized carbons (Fsp3) is 0.167. The van der Waals surface area contributed by atoms with Gasteiger partial charge in [-0.1, -0.05) is 35.9 Å². The van der Waals surface area contributed by atoms with Crippen molar-refractivity contribution in [2.24, 2.45) is 0 Å². The number of carbonyl (C=O) groups is 1. The molecule has 0 bridgehead atoms. The fourth-order valence-electron chi connectivity index (χ4n) is 2.33. The third-order valence-electron chi connectivity index (χ3n) is 3.41. The predicted molar refractivity (Wildman–Crippen MR) is 94.3 cm³/mol. The van der Waals surface area contributed by atoms with Gasteiger partial charge >= 0.3 is 5.97 Å². The molecular weight excluding hydrogens is 326 g/mol. The molecule has 0 spiro atoms. The van der Waals surface area contributed by atoms with E-state index in [1.807, 2.05) is 48.5 Å². The number of esters is 1. The lowest BCUT2D eigenvalue weighted by atomic mass is 10.2. The van der Waals surface area contributed by atoms with Crippen LogP contribution in [0.3, 0.4) is 0 Å². The number of aromatic nitrogens is 2. The number of rotatable bonds is 5. The molecule has 6 heteroatoms. The number of nitrogens with one attached hydrogen (secondary N) is 1. The number of anilines is 1. The molecule has 0 aliphatic heterocycles. The lowest BCUT2D eigenvalue weighted by Crippen LogP contribution is -2.12. The van der Waals surface area contributed by atoms with Crippen molar-refractivity contribution >= 4 is 34.3 Å². The quantitative estimate of drug-likeness (QED) is 0.709. The molecule has 3 rings (SSSR count). The minimum absolute atomic E-state index is 0.0455. The van der Waals surface area contributed by atoms with E-state index in [-0.39, 0.29) is 12.4 Å². The van der Waals surface area contributed by atoms with Crippen molar-refractivity contribution in [1.29, 1.82) is 0 Å². The van der Waals surface area contributed by atoms with Gasteiger partial charge in [0.15, 0.2) is 0 Å². The van der Waals surface area contributed by atoms with Gasteiger partial charge in [-0.2, -0.15) is 0 Å². The van der Waals surface area contributed by atoms with Gasteiger partial charge < -0.3 is 10.1 Å². The minimum atomic E-state index is -0.533. The van der Waals surface area contributed by atoms with Crippen LogP contribution in [0.2, 0.25) is 5.02 Å². The minimum Gasteiger partial charge on any atom is -0.460 e. The Morgan fingerprint density at radius 2 is 2.00 bits per heavy atom. The summed E-state index contributed by atoms with van der Waals surface area (Å²) in [6, 6.07) is 15.1. The number of hydrogen-bond acceptors (Lipinski definition) is 5. The van der Waals surface area contributed by atoms with E-state index >= 15 is 0 Å². The Bertz CT molecular complexity index is 883. The van der Waals surface area contributed by atoms with E-state index in [0.29, 0.717) is 22.9 Å². The van der Waals surface area contributed by atoms with Crippen LogP contribution in [0.1, 0.15) is 23.1 Å². The molecule has 5 nitrogen and oxygen atoms in total. The zero-order chi connectivity index (χ0) is 16.9. The lowest BCUT2D eigenvalue weighted by Gasteiger charge is -2.10. The molecule has 0 radical (unpaired) electrons. The van der Waals surface area contributed by atoms with Crippen LogP contribution in [0.25, 0.3) is 10.9 Å². The summed E-state index contributed by atoms with van der Waals surface area (Å²) >= 11 is 6.01. The van der Waals surface area contributed by atoms with E-state index in [2.05, 4.69) is 15.3 Å². The summed E-state index contributed by atoms with van der Waals surface area (Å²) in [5.74, 6) is 0.0989. The normalized spacial score (nSPS) is 10.6. The molecule has 2 aromatic carbocycles. The van der Waals surface area contributed by atoms with Gasteiger partial charge in [0.2, 0.25) is 5.82 Å². The van der Waals surface area contributed by atoms with Crippen LogP contribution in [-0.2, 0) is 11.3 Å². The number of fused-ring (bicyclic) bond motifs is 1. The number of nitrogens with zero attached hydrogens (tertiary/aromatic N) is 2. The first-order valence-electron chi connectivity index (χ1n) is 7.59. The molecule has 3 aromatic rings. The Morgan fingerprint density at radius 3 is 2.79 bits per heavy atom. The highest BCUT2D eigenvalue weighted by Crippen LogP contribution is 2.21. The topological polar surface area (TPSA) is 64.1 Å².